The third-order valence-corrected chi connectivity index (χ3v) is 4.85. The maximum Gasteiger partial charge on any atom is 0.212 e. The zero-order valence-corrected chi connectivity index (χ0v) is 17.4. The number of nitrogens with zero attached hydrogens (tertiary/aromatic N) is 1. The molecule has 0 spiro atoms. The Kier molecular flexibility index (Phi) is 9.79. The van der Waals surface area contributed by atoms with Gasteiger partial charge in [-0.2, -0.15) is 4.39 Å². The number of pyridine rings is 1. The minimum absolute atomic E-state index is 0.465. The molecule has 3 rings (SSSR count). The van der Waals surface area contributed by atoms with Crippen molar-refractivity contribution in [2.75, 3.05) is 0 Å². The third-order valence-electron chi connectivity index (χ3n) is 3.07. The molecule has 134 valence electrons. The van der Waals surface area contributed by atoms with E-state index in [2.05, 4.69) is 23.7 Å². The molecule has 0 saturated heterocycles. The first-order valence-electron chi connectivity index (χ1n) is 8.30. The summed E-state index contributed by atoms with van der Waals surface area (Å²) in [5.41, 5.74) is 1.97. The topological polar surface area (TPSA) is 12.9 Å². The Hall–Kier alpha value is -1.36. The van der Waals surface area contributed by atoms with E-state index in [-0.39, 0.29) is 0 Å². The number of hydrogen-bond donors (Lipinski definition) is 1. The van der Waals surface area contributed by atoms with Gasteiger partial charge in [-0.15, -0.1) is 24.0 Å². The molecule has 0 aliphatic heterocycles. The van der Waals surface area contributed by atoms with Crippen LogP contribution >= 0.6 is 35.6 Å². The predicted octanol–water partition coefficient (Wildman–Crippen LogP) is 7.53. The number of benzene rings is 1. The van der Waals surface area contributed by atoms with Crippen LogP contribution in [0.4, 0.5) is 4.39 Å². The van der Waals surface area contributed by atoms with Gasteiger partial charge in [-0.05, 0) is 48.0 Å². The highest BCUT2D eigenvalue weighted by Gasteiger charge is 2.07. The van der Waals surface area contributed by atoms with Crippen LogP contribution in [0, 0.1) is 5.95 Å². The second kappa shape index (κ2) is 11.3. The van der Waals surface area contributed by atoms with Gasteiger partial charge in [0.25, 0.3) is 0 Å². The van der Waals surface area contributed by atoms with E-state index in [1.807, 2.05) is 52.0 Å². The van der Waals surface area contributed by atoms with Gasteiger partial charge in [-0.25, -0.2) is 4.98 Å². The molecular weight excluding hydrogens is 373 g/mol. The van der Waals surface area contributed by atoms with Crippen LogP contribution in [0.25, 0.3) is 10.4 Å². The first kappa shape index (κ1) is 21.7. The van der Waals surface area contributed by atoms with E-state index in [1.165, 1.54) is 10.9 Å². The van der Waals surface area contributed by atoms with Crippen molar-refractivity contribution >= 4 is 35.6 Å². The van der Waals surface area contributed by atoms with Crippen molar-refractivity contribution in [2.24, 2.45) is 0 Å². The van der Waals surface area contributed by atoms with E-state index < -0.39 is 5.95 Å². The number of rotatable bonds is 3. The van der Waals surface area contributed by atoms with Gasteiger partial charge in [-0.1, -0.05) is 39.3 Å². The molecule has 5 heteroatoms. The fraction of sp³-hybridized carbons (Fsp3) is 0.250. The highest BCUT2D eigenvalue weighted by molar-refractivity contribution is 7.80. The molecule has 0 amide bonds. The molecule has 2 heterocycles. The summed E-state index contributed by atoms with van der Waals surface area (Å²) in [6, 6.07) is 12.9. The summed E-state index contributed by atoms with van der Waals surface area (Å²) in [4.78, 5) is 6.84. The second-order valence-corrected chi connectivity index (χ2v) is 6.68. The Morgan fingerprint density at radius 1 is 1.04 bits per heavy atom. The Bertz CT molecular complexity index is 770. The molecule has 0 unspecified atom stereocenters. The summed E-state index contributed by atoms with van der Waals surface area (Å²) in [6.07, 6.45) is 2.30. The zero-order chi connectivity index (χ0) is 18.8. The Balaban J connectivity index is 0.000000730. The predicted molar refractivity (Wildman–Crippen MR) is 112 cm³/mol. The highest BCUT2D eigenvalue weighted by Crippen LogP contribution is 2.31. The van der Waals surface area contributed by atoms with Crippen LogP contribution in [-0.2, 0) is 6.42 Å². The van der Waals surface area contributed by atoms with E-state index in [4.69, 9.17) is 11.6 Å². The molecule has 0 radical (unpaired) electrons. The van der Waals surface area contributed by atoms with Gasteiger partial charge in [0.1, 0.15) is 0 Å². The van der Waals surface area contributed by atoms with Crippen LogP contribution in [-0.4, -0.2) is 4.98 Å². The molecule has 0 saturated carbocycles. The zero-order valence-electron chi connectivity index (χ0n) is 14.9. The van der Waals surface area contributed by atoms with E-state index in [0.29, 0.717) is 0 Å². The Morgan fingerprint density at radius 3 is 2.40 bits per heavy atom. The van der Waals surface area contributed by atoms with Crippen molar-refractivity contribution in [2.45, 2.75) is 39.0 Å². The molecule has 0 N–H and O–H groups in total. The van der Waals surface area contributed by atoms with Gasteiger partial charge >= 0.3 is 0 Å². The summed E-state index contributed by atoms with van der Waals surface area (Å²) in [5.74, 6) is -0.465. The van der Waals surface area contributed by atoms with Gasteiger partial charge in [0.2, 0.25) is 5.95 Å². The molecule has 0 aliphatic carbocycles. The van der Waals surface area contributed by atoms with Crippen molar-refractivity contribution in [1.29, 1.82) is 0 Å². The molecule has 1 nitrogen and oxygen atoms in total. The van der Waals surface area contributed by atoms with E-state index in [0.717, 1.165) is 32.3 Å². The Labute approximate surface area is 164 Å². The van der Waals surface area contributed by atoms with Gasteiger partial charge in [-0.3, -0.25) is 0 Å². The van der Waals surface area contributed by atoms with Gasteiger partial charge < -0.3 is 0 Å². The molecule has 2 aromatic heterocycles. The average molecular weight is 396 g/mol. The lowest BCUT2D eigenvalue weighted by molar-refractivity contribution is 0.584. The van der Waals surface area contributed by atoms with Crippen molar-refractivity contribution in [1.82, 2.24) is 4.98 Å². The van der Waals surface area contributed by atoms with Crippen molar-refractivity contribution in [3.05, 3.63) is 70.1 Å². The number of hydrogen-bond acceptors (Lipinski definition) is 3. The largest absolute Gasteiger partial charge is 0.228 e. The van der Waals surface area contributed by atoms with Crippen molar-refractivity contribution in [3.8, 4) is 10.4 Å². The van der Waals surface area contributed by atoms with E-state index >= 15 is 0 Å². The standard InChI is InChI=1S/C16H11ClFNS2.2C2H6/c17-14-4-2-12(20)7-11(14)8-13-3-5-15(21-13)10-1-6-16(18)19-9-10;2*1-2/h1-7,9,20H,8H2;2*1-2H3. The summed E-state index contributed by atoms with van der Waals surface area (Å²) >= 11 is 12.2. The van der Waals surface area contributed by atoms with Gasteiger partial charge in [0.05, 0.1) is 0 Å². The minimum Gasteiger partial charge on any atom is -0.228 e. The van der Waals surface area contributed by atoms with Crippen LogP contribution in [0.1, 0.15) is 38.1 Å². The molecule has 0 atom stereocenters. The smallest absolute Gasteiger partial charge is 0.212 e. The lowest BCUT2D eigenvalue weighted by Gasteiger charge is -2.03. The monoisotopic (exact) mass is 395 g/mol. The van der Waals surface area contributed by atoms with Gasteiger partial charge in [0, 0.05) is 37.9 Å². The molecule has 0 fully saturated rings. The summed E-state index contributed by atoms with van der Waals surface area (Å²) in [5, 5.41) is 0.742. The summed E-state index contributed by atoms with van der Waals surface area (Å²) in [6.45, 7) is 8.00. The van der Waals surface area contributed by atoms with Crippen LogP contribution in [0.3, 0.4) is 0 Å². The summed E-state index contributed by atoms with van der Waals surface area (Å²) in [7, 11) is 0. The minimum atomic E-state index is -0.465. The quantitative estimate of drug-likeness (QED) is 0.357. The van der Waals surface area contributed by atoms with Crippen LogP contribution in [0.15, 0.2) is 53.6 Å². The molecule has 0 bridgehead atoms. The number of halogens is 2. The highest BCUT2D eigenvalue weighted by atomic mass is 35.5. The van der Waals surface area contributed by atoms with Crippen LogP contribution in [0.5, 0.6) is 0 Å². The fourth-order valence-corrected chi connectivity index (χ4v) is 3.47. The fourth-order valence-electron chi connectivity index (χ4n) is 2.03. The maximum atomic E-state index is 12.8. The van der Waals surface area contributed by atoms with Crippen LogP contribution in [0.2, 0.25) is 5.02 Å². The van der Waals surface area contributed by atoms with Gasteiger partial charge in [0.15, 0.2) is 0 Å². The van der Waals surface area contributed by atoms with E-state index in [1.54, 1.807) is 23.6 Å². The molecular formula is C20H23ClFNS2. The lowest BCUT2D eigenvalue weighted by Crippen LogP contribution is -1.86. The molecule has 1 aromatic carbocycles. The normalized spacial score (nSPS) is 9.56. The molecule has 25 heavy (non-hydrogen) atoms. The lowest BCUT2D eigenvalue weighted by atomic mass is 10.1. The van der Waals surface area contributed by atoms with Crippen molar-refractivity contribution < 1.29 is 4.39 Å². The number of thiophene rings is 1. The summed E-state index contributed by atoms with van der Waals surface area (Å²) < 4.78 is 12.8. The maximum absolute atomic E-state index is 12.8. The molecule has 0 aliphatic rings. The van der Waals surface area contributed by atoms with Crippen molar-refractivity contribution in [3.63, 3.8) is 0 Å². The number of thiol groups is 1. The third kappa shape index (κ3) is 6.46. The average Bonchev–Trinajstić information content (AvgIpc) is 3.11. The first-order chi connectivity index (χ1) is 12.1. The SMILES string of the molecule is CC.CC.Fc1ccc(-c2ccc(Cc3cc(S)ccc3Cl)s2)cn1. The Morgan fingerprint density at radius 2 is 1.76 bits per heavy atom. The van der Waals surface area contributed by atoms with E-state index in [9.17, 15) is 4.39 Å². The second-order valence-electron chi connectivity index (χ2n) is 4.59. The van der Waals surface area contributed by atoms with Crippen LogP contribution < -0.4 is 0 Å². The first-order valence-corrected chi connectivity index (χ1v) is 9.94. The number of aromatic nitrogens is 1. The molecule has 3 aromatic rings.